The van der Waals surface area contributed by atoms with Gasteiger partial charge in [-0.05, 0) is 58.9 Å². The van der Waals surface area contributed by atoms with Crippen molar-refractivity contribution in [3.05, 3.63) is 88.5 Å². The first-order valence-corrected chi connectivity index (χ1v) is 13.5. The average Bonchev–Trinajstić information content (AvgIpc) is 3.22. The van der Waals surface area contributed by atoms with Gasteiger partial charge in [-0.25, -0.2) is 4.68 Å². The number of carbonyl (C=O) groups is 2. The Kier molecular flexibility index (Phi) is 7.45. The summed E-state index contributed by atoms with van der Waals surface area (Å²) in [6.07, 6.45) is 0.751. The molecule has 1 aliphatic rings. The Morgan fingerprint density at radius 1 is 1.02 bits per heavy atom. The number of primary amides is 1. The third kappa shape index (κ3) is 5.48. The number of benzene rings is 3. The second kappa shape index (κ2) is 11.0. The number of nitrogens with two attached hydrogens (primary N) is 1. The lowest BCUT2D eigenvalue weighted by molar-refractivity contribution is 0.0946. The van der Waals surface area contributed by atoms with Crippen LogP contribution >= 0.6 is 0 Å². The molecule has 4 N–H and O–H groups in total. The first-order chi connectivity index (χ1) is 19.6. The molecule has 0 aliphatic carbocycles. The molecule has 2 heterocycles. The number of para-hydroxylation sites is 1. The third-order valence-electron chi connectivity index (χ3n) is 7.34. The highest BCUT2D eigenvalue weighted by molar-refractivity contribution is 6.05. The molecule has 2 amide bonds. The van der Waals surface area contributed by atoms with Crippen LogP contribution in [0.5, 0.6) is 11.5 Å². The van der Waals surface area contributed by atoms with Crippen molar-refractivity contribution in [2.24, 2.45) is 5.73 Å². The van der Waals surface area contributed by atoms with Gasteiger partial charge in [-0.3, -0.25) is 9.59 Å². The maximum Gasteiger partial charge on any atom is 0.255 e. The van der Waals surface area contributed by atoms with Crippen LogP contribution in [0.2, 0.25) is 0 Å². The van der Waals surface area contributed by atoms with Crippen LogP contribution in [0.4, 0.5) is 11.5 Å². The largest absolute Gasteiger partial charge is 0.496 e. The van der Waals surface area contributed by atoms with E-state index in [-0.39, 0.29) is 17.9 Å². The number of amides is 2. The summed E-state index contributed by atoms with van der Waals surface area (Å²) in [5, 5.41) is 11.2. The number of aryl methyl sites for hydroxylation is 2. The minimum Gasteiger partial charge on any atom is -0.496 e. The molecule has 1 aromatic heterocycles. The summed E-state index contributed by atoms with van der Waals surface area (Å²) in [6.45, 7) is 7.42. The Bertz CT molecular complexity index is 1630. The first-order valence-electron chi connectivity index (χ1n) is 13.5. The normalized spacial score (nSPS) is 12.4. The summed E-state index contributed by atoms with van der Waals surface area (Å²) in [6, 6.07) is 19.0. The van der Waals surface area contributed by atoms with Gasteiger partial charge in [0.25, 0.3) is 11.8 Å². The van der Waals surface area contributed by atoms with Crippen molar-refractivity contribution in [3.8, 4) is 22.8 Å². The summed E-state index contributed by atoms with van der Waals surface area (Å²) < 4.78 is 12.8. The lowest BCUT2D eigenvalue weighted by atomic mass is 9.85. The van der Waals surface area contributed by atoms with E-state index in [1.807, 2.05) is 24.3 Å². The molecule has 9 nitrogen and oxygen atoms in total. The van der Waals surface area contributed by atoms with Crippen molar-refractivity contribution in [3.63, 3.8) is 0 Å². The molecule has 5 rings (SSSR count). The van der Waals surface area contributed by atoms with Gasteiger partial charge >= 0.3 is 0 Å². The Morgan fingerprint density at radius 2 is 1.78 bits per heavy atom. The first kappa shape index (κ1) is 27.8. The molecule has 0 spiro atoms. The van der Waals surface area contributed by atoms with E-state index in [1.54, 1.807) is 30.0 Å². The van der Waals surface area contributed by atoms with Gasteiger partial charge in [-0.1, -0.05) is 51.1 Å². The summed E-state index contributed by atoms with van der Waals surface area (Å²) in [5.41, 5.74) is 11.9. The molecule has 0 saturated heterocycles. The zero-order valence-corrected chi connectivity index (χ0v) is 24.0. The molecular formula is C32H35N5O4. The van der Waals surface area contributed by atoms with E-state index in [9.17, 15) is 9.59 Å². The molecule has 0 saturated carbocycles. The zero-order chi connectivity index (χ0) is 29.3. The topological polar surface area (TPSA) is 121 Å². The summed E-state index contributed by atoms with van der Waals surface area (Å²) in [5.74, 6) is 0.742. The van der Waals surface area contributed by atoms with E-state index in [0.717, 1.165) is 23.2 Å². The van der Waals surface area contributed by atoms with Crippen molar-refractivity contribution in [2.75, 3.05) is 19.5 Å². The molecular weight excluding hydrogens is 518 g/mol. The van der Waals surface area contributed by atoms with Gasteiger partial charge in [0.05, 0.1) is 19.8 Å². The molecule has 9 heteroatoms. The Labute approximate surface area is 239 Å². The fraction of sp³-hybridized carbons (Fsp3) is 0.281. The minimum absolute atomic E-state index is 0.0282. The quantitative estimate of drug-likeness (QED) is 0.290. The standard InChI is InChI=1S/C32H35N5O4/c1-32(2,3)21-11-13-24-20(17-21)14-15-37-30(35-24)27(29(33)38)28(36-37)22-12-10-19(16-26(22)41-5)18-34-31(39)23-8-6-7-9-25(23)40-4/h6-13,16-17,35H,14-15,18H2,1-5H3,(H2,33,38)(H,34,39). The van der Waals surface area contributed by atoms with Gasteiger partial charge in [0, 0.05) is 24.3 Å². The molecule has 0 atom stereocenters. The minimum atomic E-state index is -0.585. The fourth-order valence-electron chi connectivity index (χ4n) is 5.07. The second-order valence-electron chi connectivity index (χ2n) is 11.1. The zero-order valence-electron chi connectivity index (χ0n) is 24.0. The molecule has 0 fully saturated rings. The summed E-state index contributed by atoms with van der Waals surface area (Å²) in [4.78, 5) is 25.6. The number of hydrogen-bond donors (Lipinski definition) is 3. The van der Waals surface area contributed by atoms with Gasteiger partial charge in [0.1, 0.15) is 28.6 Å². The van der Waals surface area contributed by atoms with Crippen molar-refractivity contribution in [2.45, 2.75) is 45.7 Å². The Balaban J connectivity index is 1.44. The monoisotopic (exact) mass is 553 g/mol. The van der Waals surface area contributed by atoms with Gasteiger partial charge in [-0.15, -0.1) is 0 Å². The number of nitrogens with one attached hydrogen (secondary N) is 2. The van der Waals surface area contributed by atoms with Crippen LogP contribution in [0.15, 0.2) is 60.7 Å². The van der Waals surface area contributed by atoms with Gasteiger partial charge in [0.15, 0.2) is 0 Å². The lowest BCUT2D eigenvalue weighted by Crippen LogP contribution is -2.23. The summed E-state index contributed by atoms with van der Waals surface area (Å²) >= 11 is 0. The predicted octanol–water partition coefficient (Wildman–Crippen LogP) is 5.19. The molecule has 0 unspecified atom stereocenters. The maximum absolute atomic E-state index is 12.8. The molecule has 3 aromatic carbocycles. The smallest absolute Gasteiger partial charge is 0.255 e. The van der Waals surface area contributed by atoms with Crippen LogP contribution < -0.4 is 25.8 Å². The molecule has 0 radical (unpaired) electrons. The molecule has 212 valence electrons. The number of hydrogen-bond acceptors (Lipinski definition) is 6. The molecule has 4 aromatic rings. The molecule has 0 bridgehead atoms. The lowest BCUT2D eigenvalue weighted by Gasteiger charge is -2.21. The highest BCUT2D eigenvalue weighted by atomic mass is 16.5. The van der Waals surface area contributed by atoms with E-state index in [1.165, 1.54) is 12.7 Å². The molecule has 41 heavy (non-hydrogen) atoms. The number of methoxy groups -OCH3 is 2. The van der Waals surface area contributed by atoms with Crippen molar-refractivity contribution < 1.29 is 19.1 Å². The predicted molar refractivity (Wildman–Crippen MR) is 159 cm³/mol. The summed E-state index contributed by atoms with van der Waals surface area (Å²) in [7, 11) is 3.09. The van der Waals surface area contributed by atoms with Crippen LogP contribution in [-0.2, 0) is 24.9 Å². The number of aromatic nitrogens is 2. The van der Waals surface area contributed by atoms with Crippen LogP contribution in [0.1, 0.15) is 58.2 Å². The highest BCUT2D eigenvalue weighted by Gasteiger charge is 2.28. The van der Waals surface area contributed by atoms with Crippen molar-refractivity contribution in [1.82, 2.24) is 15.1 Å². The third-order valence-corrected chi connectivity index (χ3v) is 7.34. The van der Waals surface area contributed by atoms with E-state index in [4.69, 9.17) is 20.3 Å². The number of anilines is 2. The van der Waals surface area contributed by atoms with E-state index in [0.29, 0.717) is 46.2 Å². The Hall–Kier alpha value is -4.79. The molecule has 1 aliphatic heterocycles. The number of carbonyl (C=O) groups excluding carboxylic acids is 2. The van der Waals surface area contributed by atoms with Crippen molar-refractivity contribution in [1.29, 1.82) is 0 Å². The van der Waals surface area contributed by atoms with E-state index in [2.05, 4.69) is 49.6 Å². The van der Waals surface area contributed by atoms with Gasteiger partial charge < -0.3 is 25.8 Å². The number of ether oxygens (including phenoxy) is 2. The van der Waals surface area contributed by atoms with Crippen LogP contribution in [-0.4, -0.2) is 35.8 Å². The highest BCUT2D eigenvalue weighted by Crippen LogP contribution is 2.39. The van der Waals surface area contributed by atoms with Crippen LogP contribution in [0.3, 0.4) is 0 Å². The second-order valence-corrected chi connectivity index (χ2v) is 11.1. The Morgan fingerprint density at radius 3 is 2.49 bits per heavy atom. The average molecular weight is 554 g/mol. The number of fused-ring (bicyclic) bond motifs is 2. The SMILES string of the molecule is COc1ccccc1C(=O)NCc1ccc(-c2nn3c(c2C(N)=O)Nc2ccc(C(C)(C)C)cc2CC3)c(OC)c1. The van der Waals surface area contributed by atoms with Crippen molar-refractivity contribution >= 4 is 23.3 Å². The maximum atomic E-state index is 12.8. The van der Waals surface area contributed by atoms with Gasteiger partial charge in [-0.2, -0.15) is 5.10 Å². The fourth-order valence-corrected chi connectivity index (χ4v) is 5.07. The van der Waals surface area contributed by atoms with Crippen LogP contribution in [0.25, 0.3) is 11.3 Å². The van der Waals surface area contributed by atoms with Crippen LogP contribution in [0, 0.1) is 0 Å². The number of rotatable bonds is 7. The van der Waals surface area contributed by atoms with E-state index < -0.39 is 5.91 Å². The number of nitrogens with zero attached hydrogens (tertiary/aromatic N) is 2. The van der Waals surface area contributed by atoms with Gasteiger partial charge in [0.2, 0.25) is 0 Å². The van der Waals surface area contributed by atoms with E-state index >= 15 is 0 Å².